The Morgan fingerprint density at radius 1 is 1.29 bits per heavy atom. The Kier molecular flexibility index (Phi) is 2.45. The molecular weight excluding hydrogens is 172 g/mol. The van der Waals surface area contributed by atoms with Gasteiger partial charge in [-0.25, -0.2) is 4.98 Å². The first kappa shape index (κ1) is 8.75. The number of aromatic amines is 1. The molecule has 2 nitrogen and oxygen atoms in total. The van der Waals surface area contributed by atoms with E-state index in [0.29, 0.717) is 0 Å². The highest BCUT2D eigenvalue weighted by atomic mass is 14.9. The molecule has 0 spiro atoms. The van der Waals surface area contributed by atoms with Gasteiger partial charge in [-0.15, -0.1) is 0 Å². The number of hydrogen-bond donors (Lipinski definition) is 1. The van der Waals surface area contributed by atoms with E-state index in [2.05, 4.69) is 28.7 Å². The van der Waals surface area contributed by atoms with Crippen LogP contribution in [0.2, 0.25) is 0 Å². The van der Waals surface area contributed by atoms with Crippen molar-refractivity contribution in [1.29, 1.82) is 0 Å². The zero-order chi connectivity index (χ0) is 9.80. The summed E-state index contributed by atoms with van der Waals surface area (Å²) < 4.78 is 0. The molecule has 0 atom stereocenters. The summed E-state index contributed by atoms with van der Waals surface area (Å²) in [5, 5.41) is 0. The Labute approximate surface area is 83.3 Å². The standard InChI is InChI=1S/C12H12N2/c1-10(9-12-13-7-8-14-12)11-5-3-2-4-6-11/h2-8H,1,9H2,(H,13,14). The van der Waals surface area contributed by atoms with Crippen LogP contribution >= 0.6 is 0 Å². The van der Waals surface area contributed by atoms with Gasteiger partial charge in [0.1, 0.15) is 5.82 Å². The van der Waals surface area contributed by atoms with Gasteiger partial charge in [0, 0.05) is 18.8 Å². The van der Waals surface area contributed by atoms with Crippen LogP contribution in [0.3, 0.4) is 0 Å². The molecule has 2 heteroatoms. The maximum atomic E-state index is 4.17. The van der Waals surface area contributed by atoms with Crippen LogP contribution in [0.15, 0.2) is 49.3 Å². The van der Waals surface area contributed by atoms with Gasteiger partial charge in [-0.3, -0.25) is 0 Å². The van der Waals surface area contributed by atoms with Gasteiger partial charge in [0.25, 0.3) is 0 Å². The largest absolute Gasteiger partial charge is 0.348 e. The first-order chi connectivity index (χ1) is 6.86. The fraction of sp³-hybridized carbons (Fsp3) is 0.0833. The fourth-order valence-electron chi connectivity index (χ4n) is 1.37. The summed E-state index contributed by atoms with van der Waals surface area (Å²) in [6, 6.07) is 10.2. The van der Waals surface area contributed by atoms with Gasteiger partial charge >= 0.3 is 0 Å². The molecule has 0 saturated carbocycles. The van der Waals surface area contributed by atoms with E-state index < -0.39 is 0 Å². The Bertz CT molecular complexity index is 401. The monoisotopic (exact) mass is 184 g/mol. The minimum atomic E-state index is 0.775. The predicted octanol–water partition coefficient (Wildman–Crippen LogP) is 2.67. The third-order valence-corrected chi connectivity index (χ3v) is 2.12. The van der Waals surface area contributed by atoms with Gasteiger partial charge < -0.3 is 4.98 Å². The molecule has 0 aliphatic carbocycles. The maximum Gasteiger partial charge on any atom is 0.110 e. The molecule has 1 heterocycles. The molecule has 0 aliphatic rings. The molecule has 2 aromatic rings. The van der Waals surface area contributed by atoms with Gasteiger partial charge in [-0.2, -0.15) is 0 Å². The molecule has 0 amide bonds. The van der Waals surface area contributed by atoms with E-state index in [1.807, 2.05) is 24.4 Å². The summed E-state index contributed by atoms with van der Waals surface area (Å²) in [5.41, 5.74) is 2.25. The van der Waals surface area contributed by atoms with Crippen LogP contribution in [-0.4, -0.2) is 9.97 Å². The third-order valence-electron chi connectivity index (χ3n) is 2.12. The second kappa shape index (κ2) is 3.92. The van der Waals surface area contributed by atoms with Crippen molar-refractivity contribution < 1.29 is 0 Å². The summed E-state index contributed by atoms with van der Waals surface area (Å²) in [6.45, 7) is 4.04. The van der Waals surface area contributed by atoms with Crippen LogP contribution in [0.5, 0.6) is 0 Å². The van der Waals surface area contributed by atoms with Crippen molar-refractivity contribution in [2.24, 2.45) is 0 Å². The number of hydrogen-bond acceptors (Lipinski definition) is 1. The average Bonchev–Trinajstić information content (AvgIpc) is 2.72. The van der Waals surface area contributed by atoms with Crippen molar-refractivity contribution in [3.8, 4) is 0 Å². The fourth-order valence-corrected chi connectivity index (χ4v) is 1.37. The lowest BCUT2D eigenvalue weighted by Gasteiger charge is -2.02. The minimum absolute atomic E-state index is 0.775. The molecule has 1 aromatic heterocycles. The van der Waals surface area contributed by atoms with E-state index in [0.717, 1.165) is 17.8 Å². The van der Waals surface area contributed by atoms with E-state index in [1.54, 1.807) is 6.20 Å². The smallest absolute Gasteiger partial charge is 0.110 e. The summed E-state index contributed by atoms with van der Waals surface area (Å²) in [5.74, 6) is 0.957. The molecule has 1 N–H and O–H groups in total. The van der Waals surface area contributed by atoms with Crippen molar-refractivity contribution in [1.82, 2.24) is 9.97 Å². The Morgan fingerprint density at radius 2 is 2.07 bits per heavy atom. The van der Waals surface area contributed by atoms with Gasteiger partial charge in [0.05, 0.1) is 0 Å². The highest BCUT2D eigenvalue weighted by molar-refractivity contribution is 5.64. The number of nitrogens with zero attached hydrogens (tertiary/aromatic N) is 1. The number of aromatic nitrogens is 2. The molecule has 0 bridgehead atoms. The van der Waals surface area contributed by atoms with Crippen LogP contribution < -0.4 is 0 Å². The zero-order valence-corrected chi connectivity index (χ0v) is 7.90. The van der Waals surface area contributed by atoms with Crippen molar-refractivity contribution >= 4 is 5.57 Å². The van der Waals surface area contributed by atoms with Crippen LogP contribution in [0.25, 0.3) is 5.57 Å². The number of H-pyrrole nitrogens is 1. The number of nitrogens with one attached hydrogen (secondary N) is 1. The summed E-state index contributed by atoms with van der Waals surface area (Å²) >= 11 is 0. The van der Waals surface area contributed by atoms with Crippen LogP contribution in [0.1, 0.15) is 11.4 Å². The van der Waals surface area contributed by atoms with Crippen LogP contribution in [0.4, 0.5) is 0 Å². The molecule has 0 unspecified atom stereocenters. The van der Waals surface area contributed by atoms with Gasteiger partial charge in [-0.05, 0) is 11.1 Å². The molecular formula is C12H12N2. The predicted molar refractivity (Wildman–Crippen MR) is 57.8 cm³/mol. The number of rotatable bonds is 3. The zero-order valence-electron chi connectivity index (χ0n) is 7.90. The molecule has 2 rings (SSSR count). The van der Waals surface area contributed by atoms with E-state index in [9.17, 15) is 0 Å². The van der Waals surface area contributed by atoms with Crippen LogP contribution in [0, 0.1) is 0 Å². The molecule has 70 valence electrons. The molecule has 0 saturated heterocycles. The summed E-state index contributed by atoms with van der Waals surface area (Å²) in [4.78, 5) is 7.23. The molecule has 0 radical (unpaired) electrons. The quantitative estimate of drug-likeness (QED) is 0.780. The number of allylic oxidation sites excluding steroid dienone is 1. The van der Waals surface area contributed by atoms with E-state index >= 15 is 0 Å². The molecule has 1 aromatic carbocycles. The van der Waals surface area contributed by atoms with E-state index in [4.69, 9.17) is 0 Å². The van der Waals surface area contributed by atoms with Crippen molar-refractivity contribution in [3.05, 3.63) is 60.7 Å². The number of imidazole rings is 1. The maximum absolute atomic E-state index is 4.17. The Balaban J connectivity index is 2.11. The summed E-state index contributed by atoms with van der Waals surface area (Å²) in [7, 11) is 0. The Morgan fingerprint density at radius 3 is 2.71 bits per heavy atom. The lowest BCUT2D eigenvalue weighted by molar-refractivity contribution is 1.07. The van der Waals surface area contributed by atoms with Crippen molar-refractivity contribution in [2.75, 3.05) is 0 Å². The van der Waals surface area contributed by atoms with Gasteiger partial charge in [0.15, 0.2) is 0 Å². The van der Waals surface area contributed by atoms with Crippen molar-refractivity contribution in [2.45, 2.75) is 6.42 Å². The SMILES string of the molecule is C=C(Cc1ncc[nH]1)c1ccccc1. The Hall–Kier alpha value is -1.83. The lowest BCUT2D eigenvalue weighted by atomic mass is 10.0. The number of benzene rings is 1. The van der Waals surface area contributed by atoms with E-state index in [-0.39, 0.29) is 0 Å². The van der Waals surface area contributed by atoms with Crippen LogP contribution in [-0.2, 0) is 6.42 Å². The van der Waals surface area contributed by atoms with Gasteiger partial charge in [-0.1, -0.05) is 36.9 Å². The molecule has 0 aliphatic heterocycles. The lowest BCUT2D eigenvalue weighted by Crippen LogP contribution is -1.91. The first-order valence-corrected chi connectivity index (χ1v) is 4.58. The normalized spacial score (nSPS) is 10.0. The van der Waals surface area contributed by atoms with E-state index in [1.165, 1.54) is 5.56 Å². The molecule has 14 heavy (non-hydrogen) atoms. The third kappa shape index (κ3) is 1.91. The highest BCUT2D eigenvalue weighted by Gasteiger charge is 2.00. The molecule has 0 fully saturated rings. The second-order valence-corrected chi connectivity index (χ2v) is 3.18. The minimum Gasteiger partial charge on any atom is -0.348 e. The van der Waals surface area contributed by atoms with Gasteiger partial charge in [0.2, 0.25) is 0 Å². The average molecular weight is 184 g/mol. The second-order valence-electron chi connectivity index (χ2n) is 3.18. The first-order valence-electron chi connectivity index (χ1n) is 4.58. The topological polar surface area (TPSA) is 28.7 Å². The summed E-state index contributed by atoms with van der Waals surface area (Å²) in [6.07, 6.45) is 4.36. The highest BCUT2D eigenvalue weighted by Crippen LogP contribution is 2.14. The van der Waals surface area contributed by atoms with Crippen molar-refractivity contribution in [3.63, 3.8) is 0 Å².